The number of nitrogens with zero attached hydrogens (tertiary/aromatic N) is 1. The summed E-state index contributed by atoms with van der Waals surface area (Å²) in [4.78, 5) is 294. The van der Waals surface area contributed by atoms with Gasteiger partial charge in [0, 0.05) is 80.2 Å². The highest BCUT2D eigenvalue weighted by Gasteiger charge is 2.46. The summed E-state index contributed by atoms with van der Waals surface area (Å²) in [7, 11) is 0.991. The number of carbonyl (C=O) groups is 21. The number of aliphatic carboxylic acids is 2. The van der Waals surface area contributed by atoms with Crippen molar-refractivity contribution >= 4 is 169 Å². The summed E-state index contributed by atoms with van der Waals surface area (Å²) >= 11 is 3.42. The zero-order valence-electron chi connectivity index (χ0n) is 68.8. The maximum absolute atomic E-state index is 15.1. The third-order valence-corrected chi connectivity index (χ3v) is 21.4. The van der Waals surface area contributed by atoms with Gasteiger partial charge >= 0.3 is 23.9 Å². The maximum atomic E-state index is 15.1. The van der Waals surface area contributed by atoms with Gasteiger partial charge in [0.2, 0.25) is 100 Å². The van der Waals surface area contributed by atoms with Gasteiger partial charge in [0.15, 0.2) is 5.75 Å². The normalized spacial score (nSPS) is 26.3. The van der Waals surface area contributed by atoms with Crippen LogP contribution in [0.5, 0.6) is 5.75 Å². The molecule has 0 aliphatic carbocycles. The molecule has 1 fully saturated rings. The summed E-state index contributed by atoms with van der Waals surface area (Å²) in [6, 6.07) is -17.8. The molecular weight excluding hydrogens is 1710 g/mol. The fourth-order valence-corrected chi connectivity index (χ4v) is 13.7. The fourth-order valence-electron chi connectivity index (χ4n) is 12.4. The molecule has 0 radical (unpaired) electrons. The van der Waals surface area contributed by atoms with Gasteiger partial charge in [-0.05, 0) is 74.0 Å². The van der Waals surface area contributed by atoms with E-state index in [0.29, 0.717) is 18.6 Å². The molecule has 4 aliphatic heterocycles. The number of fused-ring (bicyclic) bond motifs is 6. The van der Waals surface area contributed by atoms with E-state index >= 15 is 14.4 Å². The van der Waals surface area contributed by atoms with E-state index in [1.54, 1.807) is 27.7 Å². The van der Waals surface area contributed by atoms with Crippen molar-refractivity contribution < 1.29 is 135 Å². The largest absolute Gasteiger partial charge is 0.478 e. The molecule has 2 bridgehead atoms. The number of aromatic amines is 1. The second-order valence-electron chi connectivity index (χ2n) is 29.2. The number of methoxy groups -OCH3 is 1. The van der Waals surface area contributed by atoms with Gasteiger partial charge in [0.05, 0.1) is 75.4 Å². The number of carbonyl (C=O) groups excluding carboxylic acids is 19. The first kappa shape index (κ1) is 99.6. The maximum Gasteiger partial charge on any atom is 0.342 e. The van der Waals surface area contributed by atoms with Crippen molar-refractivity contribution in [1.82, 2.24) is 89.6 Å². The molecule has 674 valence electrons. The molecule has 46 nitrogen and oxygen atoms in total. The fraction of sp³-hybridized carbons (Fsp3) is 0.560. The van der Waals surface area contributed by atoms with Crippen molar-refractivity contribution in [2.45, 2.75) is 191 Å². The molecule has 17 amide bonds. The Morgan fingerprint density at radius 3 is 1.68 bits per heavy atom. The molecule has 0 saturated carbocycles. The number of ether oxygens (including phenoxy) is 4. The minimum absolute atomic E-state index is 0.0116. The number of thioether (sulfide) groups is 1. The van der Waals surface area contributed by atoms with Crippen molar-refractivity contribution in [1.29, 1.82) is 0 Å². The SMILES string of the molecule is CC[C@H](C)[C@@H]1NC(=O)CNC(=O)[C@@H]2Cc3c([nH]c4cc5c(cc34)NC(=O)C(C)NC(=O)C(C)NC(=O)CCOCCNC(=O)C(NC(=O)/C=C(/C)C(=O)O)C(NC(=O)/C=C(/Br)C(=O)O)C(=O)NCCOCCC(=O)NC(C)C(=O)NC(C)C(=O)O5)SC[C@H](NC(=O)CNC1=O)C(=O)N[C@@H](CC(=O)OC)C(=O)N1C[C@H](O)C[C@H]1C(=O)N[C@@H]([C@@H](C)CC)C(=O)N2. The summed E-state index contributed by atoms with van der Waals surface area (Å²) in [5, 5.41) is 69.0. The van der Waals surface area contributed by atoms with Crippen LogP contribution in [0.3, 0.4) is 0 Å². The molecule has 48 heteroatoms. The second-order valence-corrected chi connectivity index (χ2v) is 31.0. The Hall–Kier alpha value is -12.2. The summed E-state index contributed by atoms with van der Waals surface area (Å²) in [6.07, 6.45) is -2.66. The molecule has 20 N–H and O–H groups in total. The Morgan fingerprint density at radius 1 is 0.593 bits per heavy atom. The van der Waals surface area contributed by atoms with E-state index in [1.165, 1.54) is 33.8 Å². The highest BCUT2D eigenvalue weighted by Crippen LogP contribution is 2.38. The first-order chi connectivity index (χ1) is 58.0. The van der Waals surface area contributed by atoms with E-state index in [2.05, 4.69) is 106 Å². The molecule has 4 aliphatic rings. The lowest BCUT2D eigenvalue weighted by molar-refractivity contribution is -0.148. The predicted octanol–water partition coefficient (Wildman–Crippen LogP) is -6.61. The highest BCUT2D eigenvalue weighted by molar-refractivity contribution is 9.12. The number of carboxylic acid groups (broad SMARTS) is 2. The molecule has 123 heavy (non-hydrogen) atoms. The summed E-state index contributed by atoms with van der Waals surface area (Å²) < 4.78 is 21.2. The Labute approximate surface area is 715 Å². The Bertz CT molecular complexity index is 4460. The quantitative estimate of drug-likeness (QED) is 0.0534. The minimum atomic E-state index is -2.10. The Morgan fingerprint density at radius 2 is 1.13 bits per heavy atom. The number of esters is 2. The lowest BCUT2D eigenvalue weighted by Crippen LogP contribution is -2.63. The number of aromatic nitrogens is 1. The van der Waals surface area contributed by atoms with Gasteiger partial charge in [-0.15, -0.1) is 11.8 Å². The average Bonchev–Trinajstić information content (AvgIpc) is 1.63. The standard InChI is InChI=1S/C75H103BrN18O28S/c1-11-32(3)57-67(109)80-28-54(100)85-47-31-123-71-41(24-45(64(106)79-29-55(101)92-57)87-70(112)58(33(4)12-2)93-66(108)48-22-39(95)30-94(48)72(113)46(88-65(47)107)27-56(102)119-10)40-23-44-49(26-43(40)89-71)122-75(118)38(9)84-62(104)36(7)82-51(97)14-18-121-20-16-78-69(111)60(91-53(99)25-42(76)74(116)117)59(90-52(98)21-34(5)73(114)115)68(110)77-15-19-120-17-13-50(96)81-35(6)61(103)83-37(8)63(105)86-44/h21,23,25-26,32-33,35-39,45-48,57-60,89,95H,11-20,22,24,27-31H2,1-10H3,(H,77,110)(H,78,111)(H,79,106)(H,80,109)(H,81,96)(H,82,97)(H,83,103)(H,84,104)(H,85,100)(H,86,105)(H,87,112)(H,88,107)(H,90,98)(H,91,99)(H,92,101)(H,93,108)(H,114,115)(H,116,117)/b34-21-,42-25+/t32-,33-,35?,36?,37?,38?,39+,45-,46-,47-,48-,57-,58-,59?,60?/m0/s1. The number of anilines is 1. The van der Waals surface area contributed by atoms with E-state index in [4.69, 9.17) is 18.9 Å². The van der Waals surface area contributed by atoms with Gasteiger partial charge in [0.1, 0.15) is 77.0 Å². The molecule has 6 unspecified atom stereocenters. The second kappa shape index (κ2) is 47.3. The number of aliphatic hydroxyl groups excluding tert-OH is 1. The lowest BCUT2D eigenvalue weighted by Gasteiger charge is -2.32. The van der Waals surface area contributed by atoms with E-state index in [1.807, 2.05) is 0 Å². The minimum Gasteiger partial charge on any atom is -0.478 e. The van der Waals surface area contributed by atoms with Crippen LogP contribution in [0.25, 0.3) is 10.9 Å². The van der Waals surface area contributed by atoms with Gasteiger partial charge in [0.25, 0.3) is 0 Å². The van der Waals surface area contributed by atoms with Crippen molar-refractivity contribution in [3.63, 3.8) is 0 Å². The van der Waals surface area contributed by atoms with Gasteiger partial charge in [-0.3, -0.25) is 86.3 Å². The number of nitrogens with one attached hydrogen (secondary N) is 17. The number of amides is 17. The Kier molecular flexibility index (Phi) is 38.3. The molecular formula is C75H103BrN18O28S. The van der Waals surface area contributed by atoms with Crippen LogP contribution < -0.4 is 89.8 Å². The Balaban J connectivity index is 1.45. The zero-order chi connectivity index (χ0) is 91.4. The third-order valence-electron chi connectivity index (χ3n) is 19.7. The number of H-pyrrole nitrogens is 1. The van der Waals surface area contributed by atoms with E-state index in [9.17, 15) is 102 Å². The van der Waals surface area contributed by atoms with Crippen LogP contribution in [-0.2, 0) is 121 Å². The summed E-state index contributed by atoms with van der Waals surface area (Å²) in [6.45, 7) is 7.86. The predicted molar refractivity (Wildman–Crippen MR) is 432 cm³/mol. The van der Waals surface area contributed by atoms with E-state index in [-0.39, 0.29) is 54.3 Å². The monoisotopic (exact) mass is 1810 g/mol. The lowest BCUT2D eigenvalue weighted by atomic mass is 9.96. The van der Waals surface area contributed by atoms with Crippen LogP contribution in [0.2, 0.25) is 0 Å². The zero-order valence-corrected chi connectivity index (χ0v) is 71.2. The van der Waals surface area contributed by atoms with Gasteiger partial charge in [-0.25, -0.2) is 14.4 Å². The van der Waals surface area contributed by atoms with Crippen molar-refractivity contribution in [2.24, 2.45) is 11.8 Å². The van der Waals surface area contributed by atoms with Crippen LogP contribution in [0.15, 0.2) is 39.4 Å². The van der Waals surface area contributed by atoms with E-state index < -0.39 is 307 Å². The first-order valence-electron chi connectivity index (χ1n) is 39.0. The molecule has 6 rings (SSSR count). The van der Waals surface area contributed by atoms with Crippen molar-refractivity contribution in [2.75, 3.05) is 77.3 Å². The molecule has 0 spiro atoms. The molecule has 1 aromatic heterocycles. The molecule has 15 atom stereocenters. The number of aliphatic hydroxyl groups is 1. The number of hydrogen-bond acceptors (Lipinski definition) is 27. The molecule has 5 heterocycles. The number of rotatable bonds is 12. The third kappa shape index (κ3) is 29.8. The number of benzene rings is 1. The highest BCUT2D eigenvalue weighted by atomic mass is 79.9. The van der Waals surface area contributed by atoms with Crippen LogP contribution in [0.4, 0.5) is 5.69 Å². The van der Waals surface area contributed by atoms with Gasteiger partial charge < -0.3 is 129 Å². The summed E-state index contributed by atoms with van der Waals surface area (Å²) in [5.74, 6) is -25.6. The average molecular weight is 1820 g/mol. The number of halogens is 1. The van der Waals surface area contributed by atoms with Crippen LogP contribution in [-0.4, -0.2) is 300 Å². The summed E-state index contributed by atoms with van der Waals surface area (Å²) in [5.41, 5.74) is -0.951. The van der Waals surface area contributed by atoms with Gasteiger partial charge in [-0.2, -0.15) is 0 Å². The van der Waals surface area contributed by atoms with Gasteiger partial charge in [-0.1, -0.05) is 40.5 Å². The van der Waals surface area contributed by atoms with Crippen molar-refractivity contribution in [3.05, 3.63) is 39.9 Å². The van der Waals surface area contributed by atoms with Crippen LogP contribution >= 0.6 is 27.7 Å². The topological polar surface area (TPSA) is 668 Å². The number of carboxylic acids is 2. The molecule has 1 aromatic carbocycles. The smallest absolute Gasteiger partial charge is 0.342 e. The van der Waals surface area contributed by atoms with Crippen LogP contribution in [0, 0.1) is 11.8 Å². The molecule has 1 saturated heterocycles. The number of hydrogen-bond donors (Lipinski definition) is 20. The first-order valence-corrected chi connectivity index (χ1v) is 40.8. The van der Waals surface area contributed by atoms with Crippen LogP contribution in [0.1, 0.15) is 106 Å². The molecule has 2 aromatic rings. The van der Waals surface area contributed by atoms with E-state index in [0.717, 1.165) is 36.8 Å². The van der Waals surface area contributed by atoms with Crippen molar-refractivity contribution in [3.8, 4) is 5.75 Å².